The van der Waals surface area contributed by atoms with Gasteiger partial charge in [-0.05, 0) is 54.6 Å². The van der Waals surface area contributed by atoms with E-state index in [-0.39, 0.29) is 12.5 Å². The first kappa shape index (κ1) is 16.3. The number of nitrogens with zero attached hydrogens (tertiary/aromatic N) is 2. The highest BCUT2D eigenvalue weighted by molar-refractivity contribution is 6.04. The van der Waals surface area contributed by atoms with E-state index in [4.69, 9.17) is 10.5 Å². The third-order valence-corrected chi connectivity index (χ3v) is 3.39. The number of anilines is 1. The second kappa shape index (κ2) is 7.31. The summed E-state index contributed by atoms with van der Waals surface area (Å²) in [6.07, 6.45) is 3.52. The number of rotatable bonds is 6. The minimum Gasteiger partial charge on any atom is -0.484 e. The highest BCUT2D eigenvalue weighted by Gasteiger charge is 2.07. The van der Waals surface area contributed by atoms with Crippen molar-refractivity contribution in [3.05, 3.63) is 72.6 Å². The lowest BCUT2D eigenvalue weighted by Crippen LogP contribution is -2.20. The Morgan fingerprint density at radius 1 is 1.08 bits per heavy atom. The fraction of sp³-hybridized carbons (Fsp3) is 0.0556. The number of nitrogens with one attached hydrogen (secondary N) is 1. The molecule has 0 bridgehead atoms. The molecular formula is C18H16N4O3. The molecule has 0 saturated carbocycles. The van der Waals surface area contributed by atoms with E-state index in [1.54, 1.807) is 47.3 Å². The van der Waals surface area contributed by atoms with Gasteiger partial charge < -0.3 is 15.8 Å². The predicted molar refractivity (Wildman–Crippen MR) is 92.6 cm³/mol. The van der Waals surface area contributed by atoms with Crippen LogP contribution in [0.2, 0.25) is 0 Å². The Balaban J connectivity index is 1.62. The van der Waals surface area contributed by atoms with Crippen molar-refractivity contribution in [3.63, 3.8) is 0 Å². The molecule has 0 spiro atoms. The van der Waals surface area contributed by atoms with E-state index in [9.17, 15) is 9.59 Å². The summed E-state index contributed by atoms with van der Waals surface area (Å²) in [6.45, 7) is -0.186. The molecular weight excluding hydrogens is 320 g/mol. The third kappa shape index (κ3) is 4.23. The minimum atomic E-state index is -0.545. The Morgan fingerprint density at radius 2 is 1.80 bits per heavy atom. The molecule has 1 aromatic heterocycles. The zero-order chi connectivity index (χ0) is 17.6. The van der Waals surface area contributed by atoms with Gasteiger partial charge in [0, 0.05) is 23.6 Å². The number of carbonyl (C=O) groups excluding carboxylic acids is 2. The number of benzene rings is 2. The summed E-state index contributed by atoms with van der Waals surface area (Å²) in [5.74, 6) is -0.269. The summed E-state index contributed by atoms with van der Waals surface area (Å²) in [4.78, 5) is 23.0. The summed E-state index contributed by atoms with van der Waals surface area (Å²) >= 11 is 0. The number of ether oxygens (including phenoxy) is 1. The van der Waals surface area contributed by atoms with E-state index >= 15 is 0 Å². The molecule has 0 aliphatic heterocycles. The summed E-state index contributed by atoms with van der Waals surface area (Å²) in [5, 5.41) is 6.93. The number of primary amides is 1. The minimum absolute atomic E-state index is 0.186. The van der Waals surface area contributed by atoms with Crippen molar-refractivity contribution >= 4 is 17.5 Å². The van der Waals surface area contributed by atoms with Crippen LogP contribution in [0.3, 0.4) is 0 Å². The predicted octanol–water partition coefficient (Wildman–Crippen LogP) is 1.99. The molecule has 3 rings (SSSR count). The van der Waals surface area contributed by atoms with Crippen molar-refractivity contribution < 1.29 is 14.3 Å². The molecule has 0 fully saturated rings. The van der Waals surface area contributed by atoms with Gasteiger partial charge in [0.15, 0.2) is 6.61 Å². The number of nitrogens with two attached hydrogens (primary N) is 1. The van der Waals surface area contributed by atoms with Gasteiger partial charge in [-0.3, -0.25) is 9.59 Å². The van der Waals surface area contributed by atoms with E-state index in [0.717, 1.165) is 5.69 Å². The van der Waals surface area contributed by atoms with Gasteiger partial charge in [0.1, 0.15) is 5.75 Å². The van der Waals surface area contributed by atoms with Crippen molar-refractivity contribution in [2.24, 2.45) is 5.73 Å². The lowest BCUT2D eigenvalue weighted by atomic mass is 10.2. The molecule has 0 radical (unpaired) electrons. The number of aromatic nitrogens is 2. The monoisotopic (exact) mass is 336 g/mol. The Bertz CT molecular complexity index is 856. The van der Waals surface area contributed by atoms with E-state index in [0.29, 0.717) is 17.0 Å². The van der Waals surface area contributed by atoms with Crippen LogP contribution in [0.1, 0.15) is 10.4 Å². The Labute approximate surface area is 144 Å². The second-order valence-corrected chi connectivity index (χ2v) is 5.23. The van der Waals surface area contributed by atoms with Crippen LogP contribution in [0, 0.1) is 0 Å². The third-order valence-electron chi connectivity index (χ3n) is 3.39. The lowest BCUT2D eigenvalue weighted by Gasteiger charge is -2.08. The molecule has 2 amide bonds. The maximum Gasteiger partial charge on any atom is 0.255 e. The molecule has 0 unspecified atom stereocenters. The summed E-state index contributed by atoms with van der Waals surface area (Å²) in [6, 6.07) is 15.6. The maximum atomic E-state index is 12.3. The standard InChI is InChI=1S/C18H16N4O3/c19-17(23)12-25-16-8-4-14(5-9-16)21-18(24)13-2-6-15(7-3-13)22-11-1-10-20-22/h1-11H,12H2,(H2,19,23)(H,21,24). The highest BCUT2D eigenvalue weighted by atomic mass is 16.5. The lowest BCUT2D eigenvalue weighted by molar-refractivity contribution is -0.119. The molecule has 7 heteroatoms. The fourth-order valence-electron chi connectivity index (χ4n) is 2.18. The van der Waals surface area contributed by atoms with E-state index in [2.05, 4.69) is 10.4 Å². The summed E-state index contributed by atoms with van der Waals surface area (Å²) in [7, 11) is 0. The van der Waals surface area contributed by atoms with Crippen LogP contribution in [0.4, 0.5) is 5.69 Å². The van der Waals surface area contributed by atoms with Gasteiger partial charge in [0.2, 0.25) is 0 Å². The Morgan fingerprint density at radius 3 is 2.40 bits per heavy atom. The normalized spacial score (nSPS) is 10.2. The zero-order valence-electron chi connectivity index (χ0n) is 13.3. The van der Waals surface area contributed by atoms with Crippen LogP contribution >= 0.6 is 0 Å². The van der Waals surface area contributed by atoms with Gasteiger partial charge in [-0.2, -0.15) is 5.10 Å². The van der Waals surface area contributed by atoms with Crippen LogP contribution in [0.15, 0.2) is 67.0 Å². The fourth-order valence-corrected chi connectivity index (χ4v) is 2.18. The first-order chi connectivity index (χ1) is 12.1. The van der Waals surface area contributed by atoms with Crippen LogP contribution in [0.5, 0.6) is 5.75 Å². The Kier molecular flexibility index (Phi) is 4.75. The average molecular weight is 336 g/mol. The maximum absolute atomic E-state index is 12.3. The molecule has 2 aromatic carbocycles. The molecule has 3 N–H and O–H groups in total. The smallest absolute Gasteiger partial charge is 0.255 e. The highest BCUT2D eigenvalue weighted by Crippen LogP contribution is 2.17. The van der Waals surface area contributed by atoms with Gasteiger partial charge >= 0.3 is 0 Å². The van der Waals surface area contributed by atoms with Gasteiger partial charge in [-0.15, -0.1) is 0 Å². The number of amides is 2. The van der Waals surface area contributed by atoms with Gasteiger partial charge in [-0.1, -0.05) is 0 Å². The quantitative estimate of drug-likeness (QED) is 0.719. The zero-order valence-corrected chi connectivity index (χ0v) is 13.3. The molecule has 0 atom stereocenters. The second-order valence-electron chi connectivity index (χ2n) is 5.23. The van der Waals surface area contributed by atoms with Crippen LogP contribution in [-0.4, -0.2) is 28.2 Å². The molecule has 0 aliphatic rings. The van der Waals surface area contributed by atoms with E-state index in [1.165, 1.54) is 0 Å². The van der Waals surface area contributed by atoms with Crippen LogP contribution in [0.25, 0.3) is 5.69 Å². The van der Waals surface area contributed by atoms with Crippen molar-refractivity contribution in [2.45, 2.75) is 0 Å². The molecule has 0 saturated heterocycles. The summed E-state index contributed by atoms with van der Waals surface area (Å²) < 4.78 is 6.88. The average Bonchev–Trinajstić information content (AvgIpc) is 3.16. The molecule has 25 heavy (non-hydrogen) atoms. The van der Waals surface area contributed by atoms with E-state index in [1.807, 2.05) is 24.4 Å². The number of hydrogen-bond donors (Lipinski definition) is 2. The van der Waals surface area contributed by atoms with Crippen molar-refractivity contribution in [3.8, 4) is 11.4 Å². The molecule has 1 heterocycles. The van der Waals surface area contributed by atoms with Gasteiger partial charge in [0.25, 0.3) is 11.8 Å². The van der Waals surface area contributed by atoms with Crippen molar-refractivity contribution in [2.75, 3.05) is 11.9 Å². The molecule has 7 nitrogen and oxygen atoms in total. The van der Waals surface area contributed by atoms with Crippen molar-refractivity contribution in [1.82, 2.24) is 9.78 Å². The summed E-state index contributed by atoms with van der Waals surface area (Å²) in [5.41, 5.74) is 7.04. The van der Waals surface area contributed by atoms with Gasteiger partial charge in [-0.25, -0.2) is 4.68 Å². The van der Waals surface area contributed by atoms with Gasteiger partial charge in [0.05, 0.1) is 5.69 Å². The first-order valence-electron chi connectivity index (χ1n) is 7.54. The molecule has 0 aliphatic carbocycles. The molecule has 126 valence electrons. The van der Waals surface area contributed by atoms with Crippen LogP contribution < -0.4 is 15.8 Å². The van der Waals surface area contributed by atoms with Crippen molar-refractivity contribution in [1.29, 1.82) is 0 Å². The largest absolute Gasteiger partial charge is 0.484 e. The SMILES string of the molecule is NC(=O)COc1ccc(NC(=O)c2ccc(-n3cccn3)cc2)cc1. The Hall–Kier alpha value is -3.61. The number of hydrogen-bond acceptors (Lipinski definition) is 4. The topological polar surface area (TPSA) is 99.2 Å². The van der Waals surface area contributed by atoms with E-state index < -0.39 is 5.91 Å². The molecule has 3 aromatic rings. The number of carbonyl (C=O) groups is 2. The first-order valence-corrected chi connectivity index (χ1v) is 7.54. The van der Waals surface area contributed by atoms with Crippen LogP contribution in [-0.2, 0) is 4.79 Å².